The van der Waals surface area contributed by atoms with Crippen LogP contribution >= 0.6 is 0 Å². The van der Waals surface area contributed by atoms with Gasteiger partial charge in [-0.3, -0.25) is 9.78 Å². The molecule has 6 nitrogen and oxygen atoms in total. The molecule has 178 valence electrons. The van der Waals surface area contributed by atoms with Crippen molar-refractivity contribution in [2.75, 3.05) is 19.7 Å². The highest BCUT2D eigenvalue weighted by atomic mass is 16.5. The molecule has 5 rings (SSSR count). The number of likely N-dealkylation sites (tertiary alicyclic amines) is 1. The van der Waals surface area contributed by atoms with Crippen LogP contribution in [0.15, 0.2) is 54.7 Å². The summed E-state index contributed by atoms with van der Waals surface area (Å²) in [5.74, 6) is 1.80. The number of hydrogen-bond acceptors (Lipinski definition) is 5. The zero-order chi connectivity index (χ0) is 23.5. The van der Waals surface area contributed by atoms with Crippen molar-refractivity contribution in [3.8, 4) is 22.6 Å². The highest BCUT2D eigenvalue weighted by molar-refractivity contribution is 5.92. The molecule has 1 amide bonds. The number of benzene rings is 2. The number of aromatic nitrogens is 1. The van der Waals surface area contributed by atoms with Crippen molar-refractivity contribution in [1.29, 1.82) is 0 Å². The highest BCUT2D eigenvalue weighted by Crippen LogP contribution is 2.37. The van der Waals surface area contributed by atoms with Crippen molar-refractivity contribution < 1.29 is 19.0 Å². The van der Waals surface area contributed by atoms with Crippen LogP contribution < -0.4 is 9.47 Å². The van der Waals surface area contributed by atoms with E-state index in [4.69, 9.17) is 14.2 Å². The molecule has 0 aliphatic carbocycles. The average molecular weight is 461 g/mol. The Morgan fingerprint density at radius 3 is 2.56 bits per heavy atom. The molecule has 2 fully saturated rings. The number of rotatable bonds is 6. The smallest absolute Gasteiger partial charge is 0.251 e. The largest absolute Gasteiger partial charge is 0.490 e. The minimum atomic E-state index is -0.236. The minimum Gasteiger partial charge on any atom is -0.490 e. The van der Waals surface area contributed by atoms with Crippen molar-refractivity contribution >= 4 is 16.8 Å². The van der Waals surface area contributed by atoms with Gasteiger partial charge < -0.3 is 19.1 Å². The maximum atomic E-state index is 12.6. The van der Waals surface area contributed by atoms with Gasteiger partial charge in [-0.15, -0.1) is 0 Å². The third kappa shape index (κ3) is 4.87. The van der Waals surface area contributed by atoms with Crippen molar-refractivity contribution in [1.82, 2.24) is 9.88 Å². The molecule has 34 heavy (non-hydrogen) atoms. The molecular formula is C28H32N2O4. The summed E-state index contributed by atoms with van der Waals surface area (Å²) in [6.45, 7) is 6.21. The summed E-state index contributed by atoms with van der Waals surface area (Å²) >= 11 is 0. The zero-order valence-corrected chi connectivity index (χ0v) is 19.9. The Labute approximate surface area is 200 Å². The van der Waals surface area contributed by atoms with E-state index in [1.165, 1.54) is 0 Å². The quantitative estimate of drug-likeness (QED) is 0.504. The number of hydrogen-bond donors (Lipinski definition) is 0. The van der Waals surface area contributed by atoms with E-state index in [0.717, 1.165) is 72.3 Å². The van der Waals surface area contributed by atoms with Crippen LogP contribution in [0.3, 0.4) is 0 Å². The molecular weight excluding hydrogens is 428 g/mol. The van der Waals surface area contributed by atoms with E-state index in [2.05, 4.69) is 35.3 Å². The molecule has 6 heteroatoms. The molecule has 2 aromatic carbocycles. The summed E-state index contributed by atoms with van der Waals surface area (Å²) in [6.07, 6.45) is 5.23. The Balaban J connectivity index is 1.26. The molecule has 2 aliphatic rings. The average Bonchev–Trinajstić information content (AvgIpc) is 3.40. The van der Waals surface area contributed by atoms with E-state index in [1.54, 1.807) is 6.20 Å². The Hall–Kier alpha value is -3.12. The first-order chi connectivity index (χ1) is 16.6. The first-order valence-electron chi connectivity index (χ1n) is 12.3. The maximum Gasteiger partial charge on any atom is 0.251 e. The zero-order valence-electron chi connectivity index (χ0n) is 19.9. The highest BCUT2D eigenvalue weighted by Gasteiger charge is 2.31. The third-order valence-corrected chi connectivity index (χ3v) is 6.51. The van der Waals surface area contributed by atoms with Gasteiger partial charge in [0.15, 0.2) is 5.75 Å². The second-order valence-electron chi connectivity index (χ2n) is 9.35. The van der Waals surface area contributed by atoms with E-state index < -0.39 is 0 Å². The van der Waals surface area contributed by atoms with E-state index in [1.807, 2.05) is 36.9 Å². The van der Waals surface area contributed by atoms with Gasteiger partial charge >= 0.3 is 0 Å². The molecule has 1 atom stereocenters. The number of ether oxygens (including phenoxy) is 3. The lowest BCUT2D eigenvalue weighted by molar-refractivity contribution is -0.142. The predicted molar refractivity (Wildman–Crippen MR) is 132 cm³/mol. The van der Waals surface area contributed by atoms with Crippen molar-refractivity contribution in [3.05, 3.63) is 54.7 Å². The molecule has 0 radical (unpaired) electrons. The number of amides is 1. The molecule has 2 aliphatic heterocycles. The van der Waals surface area contributed by atoms with Gasteiger partial charge in [0.25, 0.3) is 5.91 Å². The number of nitrogens with zero attached hydrogens (tertiary/aromatic N) is 2. The van der Waals surface area contributed by atoms with E-state index in [0.29, 0.717) is 6.61 Å². The normalized spacial score (nSPS) is 19.0. The van der Waals surface area contributed by atoms with E-state index >= 15 is 0 Å². The minimum absolute atomic E-state index is 0.0481. The summed E-state index contributed by atoms with van der Waals surface area (Å²) in [7, 11) is 0. The molecule has 0 spiro atoms. The predicted octanol–water partition coefficient (Wildman–Crippen LogP) is 5.24. The van der Waals surface area contributed by atoms with Gasteiger partial charge in [0.1, 0.15) is 23.5 Å². The van der Waals surface area contributed by atoms with Crippen LogP contribution in [0.2, 0.25) is 0 Å². The van der Waals surface area contributed by atoms with Gasteiger partial charge in [-0.05, 0) is 56.5 Å². The molecule has 2 saturated heterocycles. The van der Waals surface area contributed by atoms with Crippen LogP contribution in [-0.4, -0.2) is 53.8 Å². The summed E-state index contributed by atoms with van der Waals surface area (Å²) in [4.78, 5) is 19.1. The first kappa shape index (κ1) is 22.7. The topological polar surface area (TPSA) is 60.9 Å². The van der Waals surface area contributed by atoms with Crippen molar-refractivity contribution in [3.63, 3.8) is 0 Å². The Morgan fingerprint density at radius 2 is 1.85 bits per heavy atom. The van der Waals surface area contributed by atoms with Gasteiger partial charge in [-0.25, -0.2) is 0 Å². The van der Waals surface area contributed by atoms with Gasteiger partial charge in [-0.2, -0.15) is 0 Å². The standard InChI is InChI=1S/C28H32N2O4/c1-19(2)33-27-24(12-9-21-5-3-15-29-26(21)27)20-7-10-22(11-8-20)34-23-13-16-30(17-14-23)28(31)25-6-4-18-32-25/h3,5,7-12,15,19,23,25H,4,6,13-14,16-18H2,1-2H3/t25-/m1/s1. The van der Waals surface area contributed by atoms with Gasteiger partial charge in [0, 0.05) is 49.7 Å². The number of pyridine rings is 1. The molecule has 1 aromatic heterocycles. The summed E-state index contributed by atoms with van der Waals surface area (Å²) in [6, 6.07) is 16.3. The van der Waals surface area contributed by atoms with Crippen LogP contribution in [0, 0.1) is 0 Å². The van der Waals surface area contributed by atoms with Crippen LogP contribution in [0.4, 0.5) is 0 Å². The first-order valence-corrected chi connectivity index (χ1v) is 12.3. The number of carbonyl (C=O) groups excluding carboxylic acids is 1. The molecule has 3 heterocycles. The van der Waals surface area contributed by atoms with Gasteiger partial charge in [0.2, 0.25) is 0 Å². The molecule has 0 bridgehead atoms. The molecule has 0 N–H and O–H groups in total. The Morgan fingerprint density at radius 1 is 1.06 bits per heavy atom. The van der Waals surface area contributed by atoms with E-state index in [-0.39, 0.29) is 24.2 Å². The lowest BCUT2D eigenvalue weighted by atomic mass is 10.0. The molecule has 3 aromatic rings. The van der Waals surface area contributed by atoms with E-state index in [9.17, 15) is 4.79 Å². The van der Waals surface area contributed by atoms with Crippen molar-refractivity contribution in [2.45, 2.75) is 57.8 Å². The molecule has 0 saturated carbocycles. The fourth-order valence-electron chi connectivity index (χ4n) is 4.78. The maximum absolute atomic E-state index is 12.6. The summed E-state index contributed by atoms with van der Waals surface area (Å²) in [5, 5.41) is 1.06. The number of carbonyl (C=O) groups is 1. The van der Waals surface area contributed by atoms with Gasteiger partial charge in [-0.1, -0.05) is 24.3 Å². The lowest BCUT2D eigenvalue weighted by Crippen LogP contribution is -2.45. The second kappa shape index (κ2) is 10.0. The molecule has 0 unspecified atom stereocenters. The second-order valence-corrected chi connectivity index (χ2v) is 9.35. The SMILES string of the molecule is CC(C)Oc1c(-c2ccc(OC3CCN(C(=O)[C@H]4CCCO4)CC3)cc2)ccc2cccnc12. The number of piperidine rings is 1. The Bertz CT molecular complexity index is 1130. The number of fused-ring (bicyclic) bond motifs is 1. The fraction of sp³-hybridized carbons (Fsp3) is 0.429. The van der Waals surface area contributed by atoms with Crippen molar-refractivity contribution in [2.24, 2.45) is 0 Å². The van der Waals surface area contributed by atoms with Crippen LogP contribution in [0.5, 0.6) is 11.5 Å². The Kier molecular flexibility index (Phi) is 6.68. The summed E-state index contributed by atoms with van der Waals surface area (Å²) < 4.78 is 18.0. The van der Waals surface area contributed by atoms with Crippen LogP contribution in [0.1, 0.15) is 39.5 Å². The monoisotopic (exact) mass is 460 g/mol. The third-order valence-electron chi connectivity index (χ3n) is 6.51. The van der Waals surface area contributed by atoms with Crippen LogP contribution in [-0.2, 0) is 9.53 Å². The summed E-state index contributed by atoms with van der Waals surface area (Å²) in [5.41, 5.74) is 2.96. The van der Waals surface area contributed by atoms with Crippen LogP contribution in [0.25, 0.3) is 22.0 Å². The van der Waals surface area contributed by atoms with Gasteiger partial charge in [0.05, 0.1) is 6.10 Å². The fourth-order valence-corrected chi connectivity index (χ4v) is 4.78. The lowest BCUT2D eigenvalue weighted by Gasteiger charge is -2.33.